The Morgan fingerprint density at radius 2 is 1.79 bits per heavy atom. The van der Waals surface area contributed by atoms with E-state index >= 15 is 0 Å². The van der Waals surface area contributed by atoms with Gasteiger partial charge in [-0.2, -0.15) is 0 Å². The zero-order valence-electron chi connectivity index (χ0n) is 9.96. The van der Waals surface area contributed by atoms with E-state index in [-0.39, 0.29) is 0 Å². The lowest BCUT2D eigenvalue weighted by Crippen LogP contribution is -1.98. The van der Waals surface area contributed by atoms with Gasteiger partial charge in [-0.3, -0.25) is 0 Å². The second-order valence-electron chi connectivity index (χ2n) is 3.92. The zero-order chi connectivity index (χ0) is 14.0. The van der Waals surface area contributed by atoms with Crippen molar-refractivity contribution >= 4 is 34.8 Å². The lowest BCUT2D eigenvalue weighted by atomic mass is 10.0. The van der Waals surface area contributed by atoms with Crippen LogP contribution in [0.3, 0.4) is 0 Å². The molecular formula is C14H10Cl3FO. The average Bonchev–Trinajstić information content (AvgIpc) is 2.40. The van der Waals surface area contributed by atoms with Crippen LogP contribution in [0, 0.1) is 5.82 Å². The van der Waals surface area contributed by atoms with Crippen LogP contribution in [0.15, 0.2) is 36.4 Å². The van der Waals surface area contributed by atoms with Crippen LogP contribution < -0.4 is 4.74 Å². The third kappa shape index (κ3) is 3.14. The molecule has 0 aliphatic heterocycles. The van der Waals surface area contributed by atoms with Gasteiger partial charge in [-0.15, -0.1) is 11.6 Å². The molecule has 5 heteroatoms. The maximum Gasteiger partial charge on any atom is 0.128 e. The Kier molecular flexibility index (Phi) is 4.56. The van der Waals surface area contributed by atoms with Crippen molar-refractivity contribution in [3.8, 4) is 5.75 Å². The third-order valence-corrected chi connectivity index (χ3v) is 3.74. The predicted molar refractivity (Wildman–Crippen MR) is 77.1 cm³/mol. The van der Waals surface area contributed by atoms with E-state index in [2.05, 4.69) is 0 Å². The highest BCUT2D eigenvalue weighted by Gasteiger charge is 2.18. The van der Waals surface area contributed by atoms with Crippen molar-refractivity contribution < 1.29 is 9.13 Å². The Morgan fingerprint density at radius 1 is 1.05 bits per heavy atom. The Morgan fingerprint density at radius 3 is 2.42 bits per heavy atom. The maximum atomic E-state index is 13.8. The van der Waals surface area contributed by atoms with Crippen LogP contribution in [-0.2, 0) is 0 Å². The standard InChI is InChI=1S/C14H10Cl3FO/c1-19-9-3-4-10(12(16)7-9)14(17)11-6-8(15)2-5-13(11)18/h2-7,14H,1H3. The van der Waals surface area contributed by atoms with Crippen LogP contribution in [0.2, 0.25) is 10.0 Å². The molecule has 0 aromatic heterocycles. The Hall–Kier alpha value is -0.960. The number of hydrogen-bond donors (Lipinski definition) is 0. The van der Waals surface area contributed by atoms with E-state index in [1.807, 2.05) is 0 Å². The van der Waals surface area contributed by atoms with E-state index in [9.17, 15) is 4.39 Å². The van der Waals surface area contributed by atoms with E-state index in [1.54, 1.807) is 25.3 Å². The molecule has 0 bridgehead atoms. The first-order valence-corrected chi connectivity index (χ1v) is 6.64. The Balaban J connectivity index is 2.43. The fraction of sp³-hybridized carbons (Fsp3) is 0.143. The molecule has 0 N–H and O–H groups in total. The lowest BCUT2D eigenvalue weighted by Gasteiger charge is -2.14. The topological polar surface area (TPSA) is 9.23 Å². The summed E-state index contributed by atoms with van der Waals surface area (Å²) in [5.41, 5.74) is 0.895. The van der Waals surface area contributed by atoms with Crippen molar-refractivity contribution in [2.75, 3.05) is 7.11 Å². The van der Waals surface area contributed by atoms with Crippen molar-refractivity contribution in [1.82, 2.24) is 0 Å². The van der Waals surface area contributed by atoms with Gasteiger partial charge in [0.2, 0.25) is 0 Å². The third-order valence-electron chi connectivity index (χ3n) is 2.71. The van der Waals surface area contributed by atoms with Gasteiger partial charge in [-0.1, -0.05) is 29.3 Å². The van der Waals surface area contributed by atoms with Crippen molar-refractivity contribution in [3.63, 3.8) is 0 Å². The first-order chi connectivity index (χ1) is 9.02. The number of ether oxygens (including phenoxy) is 1. The number of halogens is 4. The Labute approximate surface area is 125 Å². The molecule has 0 aliphatic carbocycles. The second kappa shape index (κ2) is 6.00. The van der Waals surface area contributed by atoms with E-state index in [4.69, 9.17) is 39.5 Å². The van der Waals surface area contributed by atoms with Crippen molar-refractivity contribution in [1.29, 1.82) is 0 Å². The molecule has 2 rings (SSSR count). The van der Waals surface area contributed by atoms with Crippen LogP contribution in [0.4, 0.5) is 4.39 Å². The molecular weight excluding hydrogens is 310 g/mol. The summed E-state index contributed by atoms with van der Waals surface area (Å²) >= 11 is 18.3. The van der Waals surface area contributed by atoms with E-state index < -0.39 is 11.2 Å². The molecule has 19 heavy (non-hydrogen) atoms. The minimum absolute atomic E-state index is 0.293. The molecule has 0 saturated heterocycles. The highest BCUT2D eigenvalue weighted by Crippen LogP contribution is 2.37. The summed E-state index contributed by atoms with van der Waals surface area (Å²) in [6.07, 6.45) is 0. The summed E-state index contributed by atoms with van der Waals surface area (Å²) in [7, 11) is 1.54. The number of benzene rings is 2. The molecule has 2 aromatic rings. The molecule has 0 saturated carbocycles. The summed E-state index contributed by atoms with van der Waals surface area (Å²) in [4.78, 5) is 0. The predicted octanol–water partition coefficient (Wildman–Crippen LogP) is 5.47. The molecule has 0 heterocycles. The molecule has 2 aromatic carbocycles. The van der Waals surface area contributed by atoms with Gasteiger partial charge < -0.3 is 4.74 Å². The molecule has 0 radical (unpaired) electrons. The number of alkyl halides is 1. The van der Waals surface area contributed by atoms with Gasteiger partial charge in [-0.05, 0) is 35.9 Å². The van der Waals surface area contributed by atoms with E-state index in [0.717, 1.165) is 0 Å². The van der Waals surface area contributed by atoms with Gasteiger partial charge in [0.05, 0.1) is 12.5 Å². The second-order valence-corrected chi connectivity index (χ2v) is 5.20. The molecule has 0 fully saturated rings. The minimum Gasteiger partial charge on any atom is -0.497 e. The van der Waals surface area contributed by atoms with Crippen molar-refractivity contribution in [2.45, 2.75) is 5.38 Å². The average molecular weight is 320 g/mol. The molecule has 0 spiro atoms. The van der Waals surface area contributed by atoms with E-state index in [1.165, 1.54) is 18.2 Å². The van der Waals surface area contributed by atoms with Crippen LogP contribution in [0.1, 0.15) is 16.5 Å². The summed E-state index contributed by atoms with van der Waals surface area (Å²) in [5, 5.41) is 0.127. The summed E-state index contributed by atoms with van der Waals surface area (Å²) in [6.45, 7) is 0. The van der Waals surface area contributed by atoms with Crippen molar-refractivity contribution in [2.24, 2.45) is 0 Å². The molecule has 1 nitrogen and oxygen atoms in total. The van der Waals surface area contributed by atoms with Crippen LogP contribution in [0.5, 0.6) is 5.75 Å². The van der Waals surface area contributed by atoms with Gasteiger partial charge >= 0.3 is 0 Å². The van der Waals surface area contributed by atoms with Gasteiger partial charge in [0.15, 0.2) is 0 Å². The molecule has 0 amide bonds. The summed E-state index contributed by atoms with van der Waals surface area (Å²) in [5.74, 6) is 0.195. The summed E-state index contributed by atoms with van der Waals surface area (Å²) < 4.78 is 18.8. The van der Waals surface area contributed by atoms with Gasteiger partial charge in [-0.25, -0.2) is 4.39 Å². The van der Waals surface area contributed by atoms with Gasteiger partial charge in [0.1, 0.15) is 11.6 Å². The maximum absolute atomic E-state index is 13.8. The van der Waals surface area contributed by atoms with Crippen LogP contribution >= 0.6 is 34.8 Å². The monoisotopic (exact) mass is 318 g/mol. The SMILES string of the molecule is COc1ccc(C(Cl)c2cc(Cl)ccc2F)c(Cl)c1. The number of rotatable bonds is 3. The quantitative estimate of drug-likeness (QED) is 0.682. The largest absolute Gasteiger partial charge is 0.497 e. The first kappa shape index (κ1) is 14.4. The number of hydrogen-bond acceptors (Lipinski definition) is 1. The number of methoxy groups -OCH3 is 1. The Bertz CT molecular complexity index is 601. The highest BCUT2D eigenvalue weighted by molar-refractivity contribution is 6.33. The van der Waals surface area contributed by atoms with E-state index in [0.29, 0.717) is 26.9 Å². The first-order valence-electron chi connectivity index (χ1n) is 5.45. The van der Waals surface area contributed by atoms with Crippen molar-refractivity contribution in [3.05, 3.63) is 63.4 Å². The molecule has 1 atom stereocenters. The molecule has 0 aliphatic rings. The smallest absolute Gasteiger partial charge is 0.128 e. The minimum atomic E-state index is -0.711. The molecule has 1 unspecified atom stereocenters. The van der Waals surface area contributed by atoms with Crippen LogP contribution in [0.25, 0.3) is 0 Å². The van der Waals surface area contributed by atoms with Gasteiger partial charge in [0.25, 0.3) is 0 Å². The van der Waals surface area contributed by atoms with Gasteiger partial charge in [0, 0.05) is 15.6 Å². The fourth-order valence-corrected chi connectivity index (χ4v) is 2.59. The fourth-order valence-electron chi connectivity index (χ4n) is 1.72. The zero-order valence-corrected chi connectivity index (χ0v) is 12.2. The highest BCUT2D eigenvalue weighted by atomic mass is 35.5. The molecule has 100 valence electrons. The normalized spacial score (nSPS) is 12.3. The summed E-state index contributed by atoms with van der Waals surface area (Å²) in [6, 6.07) is 9.31. The van der Waals surface area contributed by atoms with Crippen LogP contribution in [-0.4, -0.2) is 7.11 Å². The lowest BCUT2D eigenvalue weighted by molar-refractivity contribution is 0.414.